The van der Waals surface area contributed by atoms with Crippen molar-refractivity contribution < 1.29 is 66.3 Å². The first-order valence-electron chi connectivity index (χ1n) is 22.5. The normalized spacial score (nSPS) is 14.8. The third kappa shape index (κ3) is 45.0. The molecule has 1 unspecified atom stereocenters. The Kier molecular flexibility index (Phi) is 39.8. The Morgan fingerprint density at radius 1 is 0.500 bits per heavy atom. The van der Waals surface area contributed by atoms with Gasteiger partial charge >= 0.3 is 27.6 Å². The van der Waals surface area contributed by atoms with Crippen molar-refractivity contribution >= 4 is 33.4 Å². The van der Waals surface area contributed by atoms with E-state index in [0.29, 0.717) is 12.8 Å². The smallest absolute Gasteiger partial charge is 0.462 e. The van der Waals surface area contributed by atoms with Crippen LogP contribution in [0, 0.1) is 0 Å². The lowest BCUT2D eigenvalue weighted by atomic mass is 10.1. The molecule has 0 aliphatic carbocycles. The average Bonchev–Trinajstić information content (AvgIpc) is 3.25. The number of rotatable bonds is 41. The van der Waals surface area contributed by atoms with Crippen LogP contribution in [-0.2, 0) is 46.6 Å². The van der Waals surface area contributed by atoms with Crippen molar-refractivity contribution in [1.82, 2.24) is 0 Å². The number of hydrogen-bond donors (Lipinski definition) is 4. The van der Waals surface area contributed by atoms with Gasteiger partial charge in [-0.05, 0) is 83.1 Å². The Morgan fingerprint density at radius 2 is 0.969 bits per heavy atom. The summed E-state index contributed by atoms with van der Waals surface area (Å²) < 4.78 is 47.5. The van der Waals surface area contributed by atoms with Crippen LogP contribution in [0.5, 0.6) is 0 Å². The first kappa shape index (κ1) is 60.5. The number of allylic oxidation sites excluding steroid dienone is 18. The number of aliphatic hydroxyl groups is 1. The monoisotopic (exact) mass is 938 g/mol. The Hall–Kier alpha value is -3.55. The molecule has 0 bridgehead atoms. The third-order valence-electron chi connectivity index (χ3n) is 8.61. The van der Waals surface area contributed by atoms with Gasteiger partial charge in [-0.15, -0.1) is 0 Å². The minimum Gasteiger partial charge on any atom is -0.462 e. The van der Waals surface area contributed by atoms with E-state index in [2.05, 4.69) is 89.7 Å². The third-order valence-corrected chi connectivity index (χ3v) is 10.1. The number of carbonyl (C=O) groups is 3. The van der Waals surface area contributed by atoms with Gasteiger partial charge in [-0.1, -0.05) is 143 Å². The minimum atomic E-state index is -4.90. The number of unbranched alkanes of at least 4 members (excludes halogenated alkanes) is 6. The molecule has 0 saturated heterocycles. The van der Waals surface area contributed by atoms with Crippen LogP contribution in [-0.4, -0.2) is 76.1 Å². The molecule has 0 aliphatic rings. The van der Waals surface area contributed by atoms with E-state index in [1.165, 1.54) is 44.6 Å². The Bertz CT molecular complexity index is 1600. The molecule has 0 rings (SSSR count). The quantitative estimate of drug-likeness (QED) is 0.0112. The zero-order valence-corrected chi connectivity index (χ0v) is 39.9. The van der Waals surface area contributed by atoms with Gasteiger partial charge in [-0.25, -0.2) is 9.13 Å². The summed E-state index contributed by atoms with van der Waals surface area (Å²) in [5, 5.41) is 9.75. The molecular weight excluding hydrogens is 862 g/mol. The summed E-state index contributed by atoms with van der Waals surface area (Å²) in [5.41, 5.74) is 0. The predicted molar refractivity (Wildman–Crippen MR) is 253 cm³/mol. The van der Waals surface area contributed by atoms with Crippen LogP contribution in [0.3, 0.4) is 0 Å². The number of phosphoric ester groups is 2. The van der Waals surface area contributed by atoms with E-state index in [0.717, 1.165) is 44.9 Å². The van der Waals surface area contributed by atoms with Crippen LogP contribution in [0.25, 0.3) is 0 Å². The largest absolute Gasteiger partial charge is 0.472 e. The maximum absolute atomic E-state index is 12.6. The number of ketones is 1. The van der Waals surface area contributed by atoms with Crippen molar-refractivity contribution in [1.29, 1.82) is 0 Å². The van der Waals surface area contributed by atoms with Crippen molar-refractivity contribution in [2.24, 2.45) is 0 Å². The summed E-state index contributed by atoms with van der Waals surface area (Å²) >= 11 is 0. The Labute approximate surface area is 382 Å². The number of esters is 2. The first-order chi connectivity index (χ1) is 30.8. The van der Waals surface area contributed by atoms with Crippen LogP contribution < -0.4 is 0 Å². The molecular formula is C48H76O14P2. The molecule has 0 heterocycles. The molecule has 0 fully saturated rings. The maximum Gasteiger partial charge on any atom is 0.472 e. The fourth-order valence-electron chi connectivity index (χ4n) is 5.16. The zero-order chi connectivity index (χ0) is 47.4. The van der Waals surface area contributed by atoms with E-state index in [-0.39, 0.29) is 31.5 Å². The number of carbonyl (C=O) groups excluding carboxylic acids is 3. The molecule has 0 aromatic rings. The lowest BCUT2D eigenvalue weighted by Gasteiger charge is -2.20. The van der Waals surface area contributed by atoms with Gasteiger partial charge < -0.3 is 29.3 Å². The van der Waals surface area contributed by atoms with E-state index >= 15 is 0 Å². The SMILES string of the molecule is CCCCC/C=C\C/C=C\C/C=C\C=C\C(=O)CCCC(=O)OC[C@H](COP(=O)(O)OC[C@@H](O)COP(=O)(O)O)OC(=O)CC/C=C\C/C=C\C/C=C\C/C=C\C/C=C\CCCCC. The molecule has 0 saturated carbocycles. The fraction of sp³-hybridized carbons (Fsp3) is 0.562. The molecule has 3 atom stereocenters. The summed E-state index contributed by atoms with van der Waals surface area (Å²) in [6.45, 7) is 1.33. The van der Waals surface area contributed by atoms with Crippen molar-refractivity contribution in [3.8, 4) is 0 Å². The molecule has 64 heavy (non-hydrogen) atoms. The van der Waals surface area contributed by atoms with Crippen molar-refractivity contribution in [3.05, 3.63) is 109 Å². The highest BCUT2D eigenvalue weighted by molar-refractivity contribution is 7.47. The summed E-state index contributed by atoms with van der Waals surface area (Å²) in [6.07, 6.45) is 48.2. The van der Waals surface area contributed by atoms with Gasteiger partial charge in [0.15, 0.2) is 11.9 Å². The molecule has 0 aromatic heterocycles. The van der Waals surface area contributed by atoms with Gasteiger partial charge in [0, 0.05) is 19.3 Å². The summed E-state index contributed by atoms with van der Waals surface area (Å²) in [4.78, 5) is 64.9. The number of hydrogen-bond acceptors (Lipinski definition) is 11. The average molecular weight is 939 g/mol. The van der Waals surface area contributed by atoms with Gasteiger partial charge in [-0.2, -0.15) is 0 Å². The predicted octanol–water partition coefficient (Wildman–Crippen LogP) is 11.1. The van der Waals surface area contributed by atoms with Gasteiger partial charge in [-0.3, -0.25) is 28.0 Å². The van der Waals surface area contributed by atoms with E-state index < -0.39 is 66.2 Å². The van der Waals surface area contributed by atoms with Crippen LogP contribution in [0.15, 0.2) is 109 Å². The molecule has 0 aromatic carbocycles. The van der Waals surface area contributed by atoms with Crippen molar-refractivity contribution in [2.75, 3.05) is 26.4 Å². The highest BCUT2D eigenvalue weighted by atomic mass is 31.2. The van der Waals surface area contributed by atoms with E-state index in [1.807, 2.05) is 24.3 Å². The number of phosphoric acid groups is 2. The van der Waals surface area contributed by atoms with Crippen molar-refractivity contribution in [3.63, 3.8) is 0 Å². The van der Waals surface area contributed by atoms with Gasteiger partial charge in [0.1, 0.15) is 12.7 Å². The fourth-order valence-corrected chi connectivity index (χ4v) is 6.32. The summed E-state index contributed by atoms with van der Waals surface area (Å²) in [7, 11) is -9.79. The Balaban J connectivity index is 4.83. The second-order valence-electron chi connectivity index (χ2n) is 14.6. The minimum absolute atomic E-state index is 0.0486. The zero-order valence-electron chi connectivity index (χ0n) is 38.1. The van der Waals surface area contributed by atoms with Gasteiger partial charge in [0.25, 0.3) is 0 Å². The molecule has 0 amide bonds. The van der Waals surface area contributed by atoms with Crippen LogP contribution in [0.4, 0.5) is 0 Å². The highest BCUT2D eigenvalue weighted by Crippen LogP contribution is 2.43. The van der Waals surface area contributed by atoms with Crippen LogP contribution >= 0.6 is 15.6 Å². The second-order valence-corrected chi connectivity index (χ2v) is 17.3. The Morgan fingerprint density at radius 3 is 1.48 bits per heavy atom. The molecule has 0 radical (unpaired) electrons. The molecule has 14 nitrogen and oxygen atoms in total. The maximum atomic E-state index is 12.6. The van der Waals surface area contributed by atoms with E-state index in [4.69, 9.17) is 23.8 Å². The molecule has 0 spiro atoms. The van der Waals surface area contributed by atoms with Gasteiger partial charge in [0.2, 0.25) is 0 Å². The van der Waals surface area contributed by atoms with Crippen molar-refractivity contribution in [2.45, 2.75) is 148 Å². The molecule has 16 heteroatoms. The molecule has 4 N–H and O–H groups in total. The van der Waals surface area contributed by atoms with Gasteiger partial charge in [0.05, 0.1) is 19.8 Å². The second kappa shape index (κ2) is 42.1. The van der Waals surface area contributed by atoms with Crippen LogP contribution in [0.1, 0.15) is 136 Å². The number of aliphatic hydroxyl groups excluding tert-OH is 1. The lowest BCUT2D eigenvalue weighted by molar-refractivity contribution is -0.161. The van der Waals surface area contributed by atoms with Crippen LogP contribution in [0.2, 0.25) is 0 Å². The standard InChI is InChI=1S/C48H76O14P2/c1-3-5-7-9-11-13-15-17-18-19-20-21-22-24-26-28-30-32-34-38-48(52)62-46(43-61-64(56,57)60-41-45(50)40-59-63(53,54)55)42-58-47(51)39-35-37-44(49)36-33-31-29-27-25-23-16-14-12-10-8-6-4-2/h11-14,17-18,20-21,23-26,29-33,36,45-46,50H,3-10,15-16,19,22,27-28,34-35,37-43H2,1-2H3,(H,56,57)(H2,53,54,55)/b13-11-,14-12-,18-17-,21-20-,25-23-,26-24-,31-29-,32-30-,36-33+/t45-,46+/m0/s1. The lowest BCUT2D eigenvalue weighted by Crippen LogP contribution is -2.29. The van der Waals surface area contributed by atoms with E-state index in [9.17, 15) is 33.5 Å². The highest BCUT2D eigenvalue weighted by Gasteiger charge is 2.28. The molecule has 0 aliphatic heterocycles. The summed E-state index contributed by atoms with van der Waals surface area (Å²) in [6, 6.07) is 0. The summed E-state index contributed by atoms with van der Waals surface area (Å²) in [5.74, 6) is -1.57. The molecule has 362 valence electrons. The topological polar surface area (TPSA) is 212 Å². The first-order valence-corrected chi connectivity index (χ1v) is 25.6. The van der Waals surface area contributed by atoms with E-state index in [1.54, 1.807) is 12.2 Å². The number of ether oxygens (including phenoxy) is 2.